The SMILES string of the molecule is Cc1ccc(/C=C/C(=O)NC(=S)Nc2ccc([N+](=O)[O-])cc2C)o1. The van der Waals surface area contributed by atoms with E-state index in [0.717, 1.165) is 5.76 Å². The number of nitro benzene ring substituents is 1. The molecular weight excluding hydrogens is 330 g/mol. The fourth-order valence-corrected chi connectivity index (χ4v) is 2.12. The van der Waals surface area contributed by atoms with Crippen LogP contribution in [0.25, 0.3) is 6.08 Å². The number of hydrogen-bond donors (Lipinski definition) is 2. The molecule has 1 aromatic heterocycles. The van der Waals surface area contributed by atoms with E-state index in [4.69, 9.17) is 16.6 Å². The Kier molecular flexibility index (Phi) is 5.43. The zero-order chi connectivity index (χ0) is 17.7. The van der Waals surface area contributed by atoms with Crippen molar-refractivity contribution < 1.29 is 14.1 Å². The summed E-state index contributed by atoms with van der Waals surface area (Å²) in [5, 5.41) is 16.1. The molecule has 24 heavy (non-hydrogen) atoms. The topological polar surface area (TPSA) is 97.4 Å². The van der Waals surface area contributed by atoms with Gasteiger partial charge < -0.3 is 9.73 Å². The Morgan fingerprint density at radius 1 is 1.29 bits per heavy atom. The Labute approximate surface area is 143 Å². The third-order valence-electron chi connectivity index (χ3n) is 3.07. The highest BCUT2D eigenvalue weighted by Crippen LogP contribution is 2.21. The van der Waals surface area contributed by atoms with Crippen molar-refractivity contribution >= 4 is 40.7 Å². The molecule has 0 radical (unpaired) electrons. The normalized spacial score (nSPS) is 10.6. The quantitative estimate of drug-likeness (QED) is 0.382. The van der Waals surface area contributed by atoms with Crippen LogP contribution in [0.15, 0.2) is 40.8 Å². The Bertz CT molecular complexity index is 826. The first-order valence-corrected chi connectivity index (χ1v) is 7.37. The Hall–Kier alpha value is -3.00. The predicted molar refractivity (Wildman–Crippen MR) is 94.7 cm³/mol. The van der Waals surface area contributed by atoms with Crippen LogP contribution in [0.4, 0.5) is 11.4 Å². The molecule has 0 aliphatic carbocycles. The molecule has 2 aromatic rings. The molecule has 8 heteroatoms. The average molecular weight is 345 g/mol. The summed E-state index contributed by atoms with van der Waals surface area (Å²) < 4.78 is 5.31. The van der Waals surface area contributed by atoms with Crippen LogP contribution in [-0.4, -0.2) is 15.9 Å². The molecule has 1 heterocycles. The van der Waals surface area contributed by atoms with Crippen LogP contribution < -0.4 is 10.6 Å². The van der Waals surface area contributed by atoms with E-state index in [1.807, 2.05) is 6.92 Å². The van der Waals surface area contributed by atoms with Crippen LogP contribution in [0.3, 0.4) is 0 Å². The van der Waals surface area contributed by atoms with Gasteiger partial charge in [-0.1, -0.05) is 0 Å². The number of furan rings is 1. The Morgan fingerprint density at radius 3 is 2.62 bits per heavy atom. The van der Waals surface area contributed by atoms with Gasteiger partial charge in [0, 0.05) is 23.9 Å². The number of rotatable bonds is 4. The van der Waals surface area contributed by atoms with Gasteiger partial charge in [0.15, 0.2) is 5.11 Å². The van der Waals surface area contributed by atoms with Gasteiger partial charge in [-0.3, -0.25) is 20.2 Å². The molecule has 0 aliphatic rings. The second-order valence-electron chi connectivity index (χ2n) is 4.98. The molecule has 0 saturated heterocycles. The van der Waals surface area contributed by atoms with E-state index < -0.39 is 10.8 Å². The second-order valence-corrected chi connectivity index (χ2v) is 5.39. The minimum atomic E-state index is -0.474. The van der Waals surface area contributed by atoms with Crippen molar-refractivity contribution in [3.8, 4) is 0 Å². The van der Waals surface area contributed by atoms with Crippen LogP contribution in [0.1, 0.15) is 17.1 Å². The van der Waals surface area contributed by atoms with Crippen molar-refractivity contribution in [2.24, 2.45) is 0 Å². The lowest BCUT2D eigenvalue weighted by atomic mass is 10.2. The maximum Gasteiger partial charge on any atom is 0.269 e. The number of aryl methyl sites for hydroxylation is 2. The molecule has 124 valence electrons. The summed E-state index contributed by atoms with van der Waals surface area (Å²) in [6.45, 7) is 3.52. The fourth-order valence-electron chi connectivity index (χ4n) is 1.91. The molecule has 0 bridgehead atoms. The number of amides is 1. The molecule has 2 rings (SSSR count). The van der Waals surface area contributed by atoms with Crippen LogP contribution >= 0.6 is 12.2 Å². The van der Waals surface area contributed by atoms with Crippen LogP contribution in [0, 0.1) is 24.0 Å². The number of anilines is 1. The molecule has 0 atom stereocenters. The van der Waals surface area contributed by atoms with Crippen LogP contribution in [0.2, 0.25) is 0 Å². The number of nitro groups is 1. The van der Waals surface area contributed by atoms with E-state index in [0.29, 0.717) is 17.0 Å². The number of hydrogen-bond acceptors (Lipinski definition) is 5. The molecule has 0 unspecified atom stereocenters. The van der Waals surface area contributed by atoms with Crippen molar-refractivity contribution in [2.45, 2.75) is 13.8 Å². The summed E-state index contributed by atoms with van der Waals surface area (Å²) in [6.07, 6.45) is 2.83. The van der Waals surface area contributed by atoms with Gasteiger partial charge in [0.1, 0.15) is 11.5 Å². The van der Waals surface area contributed by atoms with E-state index in [9.17, 15) is 14.9 Å². The number of nitrogens with one attached hydrogen (secondary N) is 2. The largest absolute Gasteiger partial charge is 0.462 e. The van der Waals surface area contributed by atoms with Gasteiger partial charge in [-0.25, -0.2) is 0 Å². The number of carbonyl (C=O) groups excluding carboxylic acids is 1. The van der Waals surface area contributed by atoms with E-state index in [1.165, 1.54) is 30.4 Å². The van der Waals surface area contributed by atoms with E-state index in [2.05, 4.69) is 10.6 Å². The number of benzene rings is 1. The summed E-state index contributed by atoms with van der Waals surface area (Å²) in [5.74, 6) is 0.898. The molecule has 0 saturated carbocycles. The number of carbonyl (C=O) groups is 1. The molecule has 0 spiro atoms. The van der Waals surface area contributed by atoms with E-state index in [1.54, 1.807) is 19.1 Å². The summed E-state index contributed by atoms with van der Waals surface area (Å²) in [5.41, 5.74) is 1.21. The molecule has 0 aliphatic heterocycles. The zero-order valence-corrected chi connectivity index (χ0v) is 13.8. The zero-order valence-electron chi connectivity index (χ0n) is 13.0. The summed E-state index contributed by atoms with van der Waals surface area (Å²) >= 11 is 5.06. The minimum Gasteiger partial charge on any atom is -0.462 e. The van der Waals surface area contributed by atoms with Crippen molar-refractivity contribution in [3.05, 3.63) is 63.6 Å². The third kappa shape index (κ3) is 4.75. The highest BCUT2D eigenvalue weighted by atomic mass is 32.1. The van der Waals surface area contributed by atoms with Crippen molar-refractivity contribution in [1.29, 1.82) is 0 Å². The standard InChI is InChI=1S/C16H15N3O4S/c1-10-9-12(19(21)22)4-7-14(10)17-16(24)18-15(20)8-6-13-5-3-11(2)23-13/h3-9H,1-2H3,(H2,17,18,20,24)/b8-6+. The summed E-state index contributed by atoms with van der Waals surface area (Å²) in [4.78, 5) is 22.0. The first kappa shape index (κ1) is 17.4. The average Bonchev–Trinajstić information content (AvgIpc) is 2.92. The second kappa shape index (κ2) is 7.51. The number of non-ortho nitro benzene ring substituents is 1. The van der Waals surface area contributed by atoms with Gasteiger partial charge >= 0.3 is 0 Å². The van der Waals surface area contributed by atoms with Crippen LogP contribution in [-0.2, 0) is 4.79 Å². The summed E-state index contributed by atoms with van der Waals surface area (Å²) in [6, 6.07) is 7.86. The third-order valence-corrected chi connectivity index (χ3v) is 3.27. The van der Waals surface area contributed by atoms with Gasteiger partial charge in [-0.05, 0) is 55.9 Å². The number of nitrogens with zero attached hydrogens (tertiary/aromatic N) is 1. The van der Waals surface area contributed by atoms with Gasteiger partial charge in [0.05, 0.1) is 4.92 Å². The first-order valence-electron chi connectivity index (χ1n) is 6.96. The monoisotopic (exact) mass is 345 g/mol. The lowest BCUT2D eigenvalue weighted by molar-refractivity contribution is -0.384. The molecule has 0 fully saturated rings. The highest BCUT2D eigenvalue weighted by Gasteiger charge is 2.09. The van der Waals surface area contributed by atoms with Gasteiger partial charge in [0.25, 0.3) is 5.69 Å². The predicted octanol–water partition coefficient (Wildman–Crippen LogP) is 3.33. The molecule has 1 aromatic carbocycles. The smallest absolute Gasteiger partial charge is 0.269 e. The van der Waals surface area contributed by atoms with Crippen LogP contribution in [0.5, 0.6) is 0 Å². The lowest BCUT2D eigenvalue weighted by Crippen LogP contribution is -2.33. The molecular formula is C16H15N3O4S. The minimum absolute atomic E-state index is 0.00956. The maximum atomic E-state index is 11.8. The molecule has 7 nitrogen and oxygen atoms in total. The first-order chi connectivity index (χ1) is 11.3. The van der Waals surface area contributed by atoms with E-state index >= 15 is 0 Å². The van der Waals surface area contributed by atoms with E-state index in [-0.39, 0.29) is 10.8 Å². The van der Waals surface area contributed by atoms with Gasteiger partial charge in [0.2, 0.25) is 5.91 Å². The highest BCUT2D eigenvalue weighted by molar-refractivity contribution is 7.80. The van der Waals surface area contributed by atoms with Crippen molar-refractivity contribution in [1.82, 2.24) is 5.32 Å². The molecule has 2 N–H and O–H groups in total. The van der Waals surface area contributed by atoms with Crippen molar-refractivity contribution in [3.63, 3.8) is 0 Å². The lowest BCUT2D eigenvalue weighted by Gasteiger charge is -2.10. The molecule has 1 amide bonds. The van der Waals surface area contributed by atoms with Crippen molar-refractivity contribution in [2.75, 3.05) is 5.32 Å². The summed E-state index contributed by atoms with van der Waals surface area (Å²) in [7, 11) is 0. The maximum absolute atomic E-state index is 11.8. The van der Waals surface area contributed by atoms with Gasteiger partial charge in [-0.15, -0.1) is 0 Å². The number of thiocarbonyl (C=S) groups is 1. The fraction of sp³-hybridized carbons (Fsp3) is 0.125. The van der Waals surface area contributed by atoms with Gasteiger partial charge in [-0.2, -0.15) is 0 Å². The Balaban J connectivity index is 1.94. The Morgan fingerprint density at radius 2 is 2.04 bits per heavy atom.